The number of aromatic nitrogens is 2. The van der Waals surface area contributed by atoms with E-state index in [1.54, 1.807) is 24.3 Å². The van der Waals surface area contributed by atoms with E-state index in [2.05, 4.69) is 58.8 Å². The number of amides is 2. The van der Waals surface area contributed by atoms with Gasteiger partial charge in [-0.1, -0.05) is 48.5 Å². The third-order valence-corrected chi connectivity index (χ3v) is 6.75. The van der Waals surface area contributed by atoms with E-state index in [0.29, 0.717) is 17.7 Å². The molecule has 0 spiro atoms. The Hall–Kier alpha value is -4.12. The number of H-pyrrole nitrogens is 2. The molecule has 0 saturated heterocycles. The SMILES string of the molecule is O=C1c2ccccc2C(=O)N1CCCC(c1c[nH]c2ccccc12)c1c[nH]c2ccccc12. The van der Waals surface area contributed by atoms with Gasteiger partial charge in [0.2, 0.25) is 0 Å². The van der Waals surface area contributed by atoms with E-state index in [0.717, 1.165) is 23.9 Å². The van der Waals surface area contributed by atoms with Crippen LogP contribution >= 0.6 is 0 Å². The fourth-order valence-electron chi connectivity index (χ4n) is 5.14. The van der Waals surface area contributed by atoms with Gasteiger partial charge in [-0.15, -0.1) is 0 Å². The number of para-hydroxylation sites is 2. The molecular weight excluding hydrogens is 410 g/mol. The normalized spacial score (nSPS) is 13.5. The lowest BCUT2D eigenvalue weighted by Gasteiger charge is -2.19. The first-order valence-electron chi connectivity index (χ1n) is 11.3. The van der Waals surface area contributed by atoms with Gasteiger partial charge >= 0.3 is 0 Å². The van der Waals surface area contributed by atoms with Crippen molar-refractivity contribution in [3.8, 4) is 0 Å². The van der Waals surface area contributed by atoms with Crippen LogP contribution in [0.2, 0.25) is 0 Å². The molecule has 5 nitrogen and oxygen atoms in total. The molecule has 1 aliphatic rings. The van der Waals surface area contributed by atoms with E-state index in [4.69, 9.17) is 0 Å². The number of nitrogens with one attached hydrogen (secondary N) is 2. The Bertz CT molecular complexity index is 1400. The van der Waals surface area contributed by atoms with Crippen LogP contribution in [0.3, 0.4) is 0 Å². The lowest BCUT2D eigenvalue weighted by Crippen LogP contribution is -2.30. The first-order valence-corrected chi connectivity index (χ1v) is 11.3. The van der Waals surface area contributed by atoms with Crippen molar-refractivity contribution in [1.82, 2.24) is 14.9 Å². The van der Waals surface area contributed by atoms with Gasteiger partial charge in [-0.2, -0.15) is 0 Å². The molecule has 3 aromatic carbocycles. The van der Waals surface area contributed by atoms with E-state index in [9.17, 15) is 9.59 Å². The van der Waals surface area contributed by atoms with Crippen LogP contribution in [0.1, 0.15) is 50.6 Å². The maximum Gasteiger partial charge on any atom is 0.261 e. The van der Waals surface area contributed by atoms with Crippen LogP contribution in [0.15, 0.2) is 85.2 Å². The summed E-state index contributed by atoms with van der Waals surface area (Å²) in [5.41, 5.74) is 5.70. The summed E-state index contributed by atoms with van der Waals surface area (Å²) in [7, 11) is 0. The number of rotatable bonds is 6. The summed E-state index contributed by atoms with van der Waals surface area (Å²) in [6, 6.07) is 23.7. The number of benzene rings is 3. The van der Waals surface area contributed by atoms with Gasteiger partial charge in [0.05, 0.1) is 11.1 Å². The molecule has 3 heterocycles. The smallest absolute Gasteiger partial charge is 0.261 e. The maximum absolute atomic E-state index is 12.8. The van der Waals surface area contributed by atoms with E-state index in [-0.39, 0.29) is 17.7 Å². The molecule has 6 rings (SSSR count). The third kappa shape index (κ3) is 3.16. The van der Waals surface area contributed by atoms with E-state index >= 15 is 0 Å². The second kappa shape index (κ2) is 7.78. The van der Waals surface area contributed by atoms with Crippen molar-refractivity contribution >= 4 is 33.6 Å². The quantitative estimate of drug-likeness (QED) is 0.330. The predicted octanol–water partition coefficient (Wildman–Crippen LogP) is 5.86. The van der Waals surface area contributed by atoms with Crippen molar-refractivity contribution in [2.75, 3.05) is 6.54 Å². The molecular formula is C28H23N3O2. The number of imide groups is 1. The average Bonchev–Trinajstić information content (AvgIpc) is 3.54. The molecule has 1 aliphatic heterocycles. The number of carbonyl (C=O) groups excluding carboxylic acids is 2. The lowest BCUT2D eigenvalue weighted by atomic mass is 9.87. The number of aromatic amines is 2. The maximum atomic E-state index is 12.8. The zero-order valence-electron chi connectivity index (χ0n) is 18.0. The molecule has 33 heavy (non-hydrogen) atoms. The summed E-state index contributed by atoms with van der Waals surface area (Å²) >= 11 is 0. The Labute approximate surface area is 191 Å². The highest BCUT2D eigenvalue weighted by Crippen LogP contribution is 2.38. The first kappa shape index (κ1) is 19.6. The van der Waals surface area contributed by atoms with Crippen LogP contribution in [-0.2, 0) is 0 Å². The monoisotopic (exact) mass is 433 g/mol. The Morgan fingerprint density at radius 1 is 0.667 bits per heavy atom. The molecule has 0 radical (unpaired) electrons. The fourth-order valence-corrected chi connectivity index (χ4v) is 5.14. The minimum atomic E-state index is -0.189. The third-order valence-electron chi connectivity index (χ3n) is 6.75. The molecule has 0 unspecified atom stereocenters. The summed E-state index contributed by atoms with van der Waals surface area (Å²) < 4.78 is 0. The molecule has 5 aromatic rings. The van der Waals surface area contributed by atoms with Gasteiger partial charge in [0.15, 0.2) is 0 Å². The fraction of sp³-hybridized carbons (Fsp3) is 0.143. The number of hydrogen-bond acceptors (Lipinski definition) is 2. The van der Waals surface area contributed by atoms with Crippen LogP contribution in [0, 0.1) is 0 Å². The number of carbonyl (C=O) groups is 2. The molecule has 0 aliphatic carbocycles. The van der Waals surface area contributed by atoms with Crippen LogP contribution in [0.4, 0.5) is 0 Å². The molecule has 0 atom stereocenters. The minimum absolute atomic E-state index is 0.132. The van der Waals surface area contributed by atoms with Gasteiger partial charge in [-0.25, -0.2) is 0 Å². The van der Waals surface area contributed by atoms with Crippen LogP contribution in [0.5, 0.6) is 0 Å². The van der Waals surface area contributed by atoms with E-state index < -0.39 is 0 Å². The summed E-state index contributed by atoms with van der Waals surface area (Å²) in [5.74, 6) is -0.245. The van der Waals surface area contributed by atoms with Crippen molar-refractivity contribution in [3.63, 3.8) is 0 Å². The Kier molecular flexibility index (Phi) is 4.61. The van der Waals surface area contributed by atoms with E-state index in [1.807, 2.05) is 12.1 Å². The molecule has 2 N–H and O–H groups in total. The van der Waals surface area contributed by atoms with Crippen LogP contribution < -0.4 is 0 Å². The highest BCUT2D eigenvalue weighted by molar-refractivity contribution is 6.21. The lowest BCUT2D eigenvalue weighted by molar-refractivity contribution is 0.0651. The van der Waals surface area contributed by atoms with Gasteiger partial charge < -0.3 is 9.97 Å². The number of fused-ring (bicyclic) bond motifs is 3. The van der Waals surface area contributed by atoms with Gasteiger partial charge in [0.25, 0.3) is 11.8 Å². The average molecular weight is 434 g/mol. The molecule has 162 valence electrons. The van der Waals surface area contributed by atoms with Gasteiger partial charge in [-0.3, -0.25) is 14.5 Å². The number of nitrogens with zero attached hydrogens (tertiary/aromatic N) is 1. The Balaban J connectivity index is 1.32. The molecule has 2 amide bonds. The summed E-state index contributed by atoms with van der Waals surface area (Å²) in [5, 5.41) is 2.40. The summed E-state index contributed by atoms with van der Waals surface area (Å²) in [6.07, 6.45) is 5.73. The molecule has 0 bridgehead atoms. The molecule has 2 aromatic heterocycles. The first-order chi connectivity index (χ1) is 16.2. The standard InChI is InChI=1S/C28H23N3O2/c32-27-21-10-1-2-11-22(21)28(33)31(27)15-7-12-18(23-16-29-25-13-5-3-8-19(23)25)24-17-30-26-14-6-4-9-20(24)26/h1-6,8-11,13-14,16-18,29-30H,7,12,15H2. The van der Waals surface area contributed by atoms with Crippen molar-refractivity contribution in [3.05, 3.63) is 107 Å². The zero-order valence-corrected chi connectivity index (χ0v) is 18.0. The highest BCUT2D eigenvalue weighted by Gasteiger charge is 2.34. The largest absolute Gasteiger partial charge is 0.361 e. The van der Waals surface area contributed by atoms with Crippen molar-refractivity contribution < 1.29 is 9.59 Å². The van der Waals surface area contributed by atoms with Crippen molar-refractivity contribution in [1.29, 1.82) is 0 Å². The summed E-state index contributed by atoms with van der Waals surface area (Å²) in [4.78, 5) is 33.8. The van der Waals surface area contributed by atoms with E-state index in [1.165, 1.54) is 26.8 Å². The Morgan fingerprint density at radius 3 is 1.70 bits per heavy atom. The second-order valence-electron chi connectivity index (χ2n) is 8.58. The topological polar surface area (TPSA) is 69.0 Å². The highest BCUT2D eigenvalue weighted by atomic mass is 16.2. The van der Waals surface area contributed by atoms with Crippen LogP contribution in [-0.4, -0.2) is 33.2 Å². The van der Waals surface area contributed by atoms with Crippen molar-refractivity contribution in [2.45, 2.75) is 18.8 Å². The predicted molar refractivity (Wildman–Crippen MR) is 129 cm³/mol. The van der Waals surface area contributed by atoms with Crippen molar-refractivity contribution in [2.24, 2.45) is 0 Å². The van der Waals surface area contributed by atoms with Gasteiger partial charge in [0.1, 0.15) is 0 Å². The molecule has 0 fully saturated rings. The molecule has 5 heteroatoms. The zero-order chi connectivity index (χ0) is 22.4. The van der Waals surface area contributed by atoms with Crippen LogP contribution in [0.25, 0.3) is 21.8 Å². The minimum Gasteiger partial charge on any atom is -0.361 e. The second-order valence-corrected chi connectivity index (χ2v) is 8.58. The van der Waals surface area contributed by atoms with Gasteiger partial charge in [0, 0.05) is 46.7 Å². The Morgan fingerprint density at radius 2 is 1.15 bits per heavy atom. The molecule has 0 saturated carbocycles. The number of hydrogen-bond donors (Lipinski definition) is 2. The van der Waals surface area contributed by atoms with Gasteiger partial charge in [-0.05, 0) is 48.2 Å². The summed E-state index contributed by atoms with van der Waals surface area (Å²) in [6.45, 7) is 0.410.